The molecule has 1 atom stereocenters. The molecule has 4 heteroatoms. The second-order valence-corrected chi connectivity index (χ2v) is 5.57. The van der Waals surface area contributed by atoms with E-state index < -0.39 is 0 Å². The summed E-state index contributed by atoms with van der Waals surface area (Å²) in [7, 11) is 0. The van der Waals surface area contributed by atoms with Crippen molar-refractivity contribution in [2.24, 2.45) is 5.73 Å². The molecule has 1 aliphatic heterocycles. The van der Waals surface area contributed by atoms with Gasteiger partial charge in [0.2, 0.25) is 5.91 Å². The molecule has 0 aliphatic carbocycles. The lowest BCUT2D eigenvalue weighted by Crippen LogP contribution is -2.36. The van der Waals surface area contributed by atoms with Crippen LogP contribution in [0.2, 0.25) is 0 Å². The zero-order valence-corrected chi connectivity index (χ0v) is 10.9. The maximum absolute atomic E-state index is 12.1. The van der Waals surface area contributed by atoms with E-state index in [2.05, 4.69) is 6.07 Å². The minimum atomic E-state index is 0.199. The van der Waals surface area contributed by atoms with E-state index >= 15 is 0 Å². The van der Waals surface area contributed by atoms with Crippen molar-refractivity contribution in [1.29, 1.82) is 0 Å². The van der Waals surface area contributed by atoms with Gasteiger partial charge in [-0.2, -0.15) is 0 Å². The maximum atomic E-state index is 12.1. The summed E-state index contributed by atoms with van der Waals surface area (Å²) in [6, 6.07) is 4.10. The van der Waals surface area contributed by atoms with E-state index in [9.17, 15) is 4.79 Å². The van der Waals surface area contributed by atoms with Crippen molar-refractivity contribution in [2.45, 2.75) is 31.6 Å². The number of hydrogen-bond donors (Lipinski definition) is 1. The maximum Gasteiger partial charge on any atom is 0.223 e. The first-order chi connectivity index (χ1) is 8.31. The van der Waals surface area contributed by atoms with Gasteiger partial charge in [0, 0.05) is 36.9 Å². The third kappa shape index (κ3) is 3.30. The zero-order chi connectivity index (χ0) is 12.1. The Morgan fingerprint density at radius 3 is 2.76 bits per heavy atom. The molecule has 2 N–H and O–H groups in total. The molecule has 1 unspecified atom stereocenters. The fraction of sp³-hybridized carbons (Fsp3) is 0.615. The van der Waals surface area contributed by atoms with E-state index in [1.54, 1.807) is 11.3 Å². The molecule has 1 amide bonds. The number of piperidine rings is 1. The molecule has 1 aliphatic rings. The van der Waals surface area contributed by atoms with Crippen molar-refractivity contribution in [3.8, 4) is 0 Å². The average Bonchev–Trinajstić information content (AvgIpc) is 2.90. The summed E-state index contributed by atoms with van der Waals surface area (Å²) in [6.45, 7) is 2.42. The van der Waals surface area contributed by atoms with Gasteiger partial charge in [0.05, 0.1) is 0 Å². The van der Waals surface area contributed by atoms with E-state index in [0.29, 0.717) is 13.0 Å². The van der Waals surface area contributed by atoms with Crippen LogP contribution in [0.3, 0.4) is 0 Å². The Balaban J connectivity index is 1.92. The molecule has 17 heavy (non-hydrogen) atoms. The number of nitrogens with zero attached hydrogens (tertiary/aromatic N) is 1. The summed E-state index contributed by atoms with van der Waals surface area (Å²) in [5.41, 5.74) is 5.78. The Labute approximate surface area is 107 Å². The Morgan fingerprint density at radius 2 is 2.18 bits per heavy atom. The van der Waals surface area contributed by atoms with Gasteiger partial charge < -0.3 is 10.6 Å². The molecule has 0 saturated carbocycles. The number of likely N-dealkylation sites (tertiary alicyclic amines) is 1. The minimum Gasteiger partial charge on any atom is -0.343 e. The van der Waals surface area contributed by atoms with Gasteiger partial charge in [-0.1, -0.05) is 6.07 Å². The topological polar surface area (TPSA) is 46.3 Å². The first kappa shape index (κ1) is 12.6. The van der Waals surface area contributed by atoms with Gasteiger partial charge >= 0.3 is 0 Å². The predicted molar refractivity (Wildman–Crippen MR) is 71.2 cm³/mol. The van der Waals surface area contributed by atoms with Crippen LogP contribution in [0.1, 0.15) is 36.5 Å². The van der Waals surface area contributed by atoms with Crippen molar-refractivity contribution in [3.63, 3.8) is 0 Å². The van der Waals surface area contributed by atoms with Gasteiger partial charge in [-0.15, -0.1) is 11.3 Å². The number of rotatable bonds is 4. The van der Waals surface area contributed by atoms with E-state index in [1.165, 1.54) is 11.3 Å². The number of carbonyl (C=O) groups excluding carboxylic acids is 1. The van der Waals surface area contributed by atoms with Crippen molar-refractivity contribution in [1.82, 2.24) is 4.90 Å². The Morgan fingerprint density at radius 1 is 1.41 bits per heavy atom. The normalized spacial score (nSPS) is 18.1. The lowest BCUT2D eigenvalue weighted by Gasteiger charge is -2.28. The molecular weight excluding hydrogens is 232 g/mol. The molecule has 1 aromatic heterocycles. The number of nitrogens with two attached hydrogens (primary N) is 1. The summed E-state index contributed by atoms with van der Waals surface area (Å²) in [4.78, 5) is 15.4. The predicted octanol–water partition coefficient (Wildman–Crippen LogP) is 2.19. The molecule has 94 valence electrons. The van der Waals surface area contributed by atoms with E-state index in [0.717, 1.165) is 25.9 Å². The molecule has 1 saturated heterocycles. The minimum absolute atomic E-state index is 0.199. The molecule has 0 spiro atoms. The fourth-order valence-electron chi connectivity index (χ4n) is 2.31. The molecule has 3 nitrogen and oxygen atoms in total. The van der Waals surface area contributed by atoms with Crippen molar-refractivity contribution in [2.75, 3.05) is 19.6 Å². The van der Waals surface area contributed by atoms with Crippen molar-refractivity contribution in [3.05, 3.63) is 22.4 Å². The number of carbonyl (C=O) groups is 1. The second kappa shape index (κ2) is 6.17. The van der Waals surface area contributed by atoms with Gasteiger partial charge in [-0.25, -0.2) is 0 Å². The van der Waals surface area contributed by atoms with Gasteiger partial charge in [0.25, 0.3) is 0 Å². The molecule has 1 aromatic rings. The highest BCUT2D eigenvalue weighted by Gasteiger charge is 2.21. The standard InChI is InChI=1S/C13H20N2OS/c14-10-11(12-5-4-8-17-12)9-13(16)15-6-2-1-3-7-15/h4-5,8,11H,1-3,6-7,9-10,14H2. The zero-order valence-electron chi connectivity index (χ0n) is 10.1. The van der Waals surface area contributed by atoms with Gasteiger partial charge in [0.1, 0.15) is 0 Å². The number of hydrogen-bond acceptors (Lipinski definition) is 3. The van der Waals surface area contributed by atoms with Gasteiger partial charge in [-0.3, -0.25) is 4.79 Å². The summed E-state index contributed by atoms with van der Waals surface area (Å²) in [5, 5.41) is 2.05. The van der Waals surface area contributed by atoms with Crippen LogP contribution in [-0.4, -0.2) is 30.4 Å². The lowest BCUT2D eigenvalue weighted by atomic mass is 10.0. The van der Waals surface area contributed by atoms with Crippen molar-refractivity contribution >= 4 is 17.2 Å². The van der Waals surface area contributed by atoms with Crippen LogP contribution in [0.15, 0.2) is 17.5 Å². The van der Waals surface area contributed by atoms with E-state index in [4.69, 9.17) is 5.73 Å². The van der Waals surface area contributed by atoms with Crippen LogP contribution in [0.4, 0.5) is 0 Å². The molecule has 1 fully saturated rings. The van der Waals surface area contributed by atoms with Crippen LogP contribution >= 0.6 is 11.3 Å². The smallest absolute Gasteiger partial charge is 0.223 e. The third-order valence-corrected chi connectivity index (χ3v) is 4.39. The second-order valence-electron chi connectivity index (χ2n) is 4.59. The monoisotopic (exact) mass is 252 g/mol. The Bertz CT molecular complexity index is 344. The lowest BCUT2D eigenvalue weighted by molar-refractivity contribution is -0.132. The molecule has 0 radical (unpaired) electrons. The van der Waals surface area contributed by atoms with Crippen LogP contribution in [-0.2, 0) is 4.79 Å². The third-order valence-electron chi connectivity index (χ3n) is 3.36. The van der Waals surface area contributed by atoms with Crippen LogP contribution in [0, 0.1) is 0 Å². The van der Waals surface area contributed by atoms with Crippen LogP contribution < -0.4 is 5.73 Å². The molecule has 2 rings (SSSR count). The first-order valence-corrected chi connectivity index (χ1v) is 7.20. The number of amides is 1. The highest BCUT2D eigenvalue weighted by molar-refractivity contribution is 7.10. The van der Waals surface area contributed by atoms with Gasteiger partial charge in [0.15, 0.2) is 0 Å². The molecule has 2 heterocycles. The Kier molecular flexibility index (Phi) is 4.57. The summed E-state index contributed by atoms with van der Waals surface area (Å²) in [5.74, 6) is 0.470. The molecule has 0 bridgehead atoms. The number of thiophene rings is 1. The van der Waals surface area contributed by atoms with Crippen LogP contribution in [0.5, 0.6) is 0 Å². The summed E-state index contributed by atoms with van der Waals surface area (Å²) >= 11 is 1.69. The Hall–Kier alpha value is -0.870. The summed E-state index contributed by atoms with van der Waals surface area (Å²) < 4.78 is 0. The van der Waals surface area contributed by atoms with Crippen LogP contribution in [0.25, 0.3) is 0 Å². The van der Waals surface area contributed by atoms with E-state index in [-0.39, 0.29) is 11.8 Å². The van der Waals surface area contributed by atoms with Crippen molar-refractivity contribution < 1.29 is 4.79 Å². The average molecular weight is 252 g/mol. The SMILES string of the molecule is NCC(CC(=O)N1CCCCC1)c1cccs1. The molecular formula is C13H20N2OS. The highest BCUT2D eigenvalue weighted by atomic mass is 32.1. The summed E-state index contributed by atoms with van der Waals surface area (Å²) in [6.07, 6.45) is 4.13. The quantitative estimate of drug-likeness (QED) is 0.893. The highest BCUT2D eigenvalue weighted by Crippen LogP contribution is 2.24. The molecule has 0 aromatic carbocycles. The largest absolute Gasteiger partial charge is 0.343 e. The fourth-order valence-corrected chi connectivity index (χ4v) is 3.15. The first-order valence-electron chi connectivity index (χ1n) is 6.32. The van der Waals surface area contributed by atoms with Gasteiger partial charge in [-0.05, 0) is 30.7 Å². The van der Waals surface area contributed by atoms with E-state index in [1.807, 2.05) is 16.3 Å².